The van der Waals surface area contributed by atoms with Gasteiger partial charge in [-0.05, 0) is 49.2 Å². The van der Waals surface area contributed by atoms with Crippen molar-refractivity contribution in [3.63, 3.8) is 0 Å². The molecule has 1 aliphatic heterocycles. The van der Waals surface area contributed by atoms with Gasteiger partial charge in [-0.15, -0.1) is 11.3 Å². The van der Waals surface area contributed by atoms with Crippen molar-refractivity contribution in [1.82, 2.24) is 15.3 Å². The smallest absolute Gasteiger partial charge is 0.108 e. The van der Waals surface area contributed by atoms with Crippen molar-refractivity contribution in [3.8, 4) is 11.1 Å². The first-order valence-corrected chi connectivity index (χ1v) is 9.99. The molecule has 5 rings (SSSR count). The summed E-state index contributed by atoms with van der Waals surface area (Å²) in [5.74, 6) is 0. The van der Waals surface area contributed by atoms with Gasteiger partial charge >= 0.3 is 0 Å². The minimum atomic E-state index is 0.990. The van der Waals surface area contributed by atoms with Crippen molar-refractivity contribution in [2.75, 3.05) is 18.4 Å². The highest BCUT2D eigenvalue weighted by Gasteiger charge is 2.22. The molecule has 130 valence electrons. The van der Waals surface area contributed by atoms with E-state index in [1.54, 1.807) is 11.3 Å². The lowest BCUT2D eigenvalue weighted by molar-refractivity contribution is 0.672. The second-order valence-corrected chi connectivity index (χ2v) is 7.56. The van der Waals surface area contributed by atoms with E-state index in [0.29, 0.717) is 0 Å². The topological polar surface area (TPSA) is 49.8 Å². The van der Waals surface area contributed by atoms with Crippen LogP contribution in [0.1, 0.15) is 18.9 Å². The average molecular weight is 360 g/mol. The van der Waals surface area contributed by atoms with E-state index < -0.39 is 0 Å². The van der Waals surface area contributed by atoms with Gasteiger partial charge in [0.25, 0.3) is 0 Å². The third-order valence-corrected chi connectivity index (χ3v) is 5.79. The van der Waals surface area contributed by atoms with E-state index in [-0.39, 0.29) is 0 Å². The SMILES string of the molecule is CCCNCCc1cccc2c1Nc1cc3scnc3c3nccc-2c13. The number of benzene rings is 2. The predicted octanol–water partition coefficient (Wildman–Crippen LogP) is 5.11. The monoisotopic (exact) mass is 360 g/mol. The van der Waals surface area contributed by atoms with Gasteiger partial charge < -0.3 is 10.6 Å². The van der Waals surface area contributed by atoms with Gasteiger partial charge in [-0.1, -0.05) is 25.1 Å². The molecule has 0 unspecified atom stereocenters. The third-order valence-electron chi connectivity index (χ3n) is 5.01. The summed E-state index contributed by atoms with van der Waals surface area (Å²) in [6.07, 6.45) is 4.09. The molecule has 3 heterocycles. The standard InChI is InChI=1S/C21H20N4S/c1-2-8-22-9-6-13-4-3-5-15-14-7-10-23-21-18(14)16(25-19(13)15)11-17-20(21)24-12-26-17/h3-5,7,10-12,22,25H,2,6,8-9H2,1H3. The molecule has 0 radical (unpaired) electrons. The van der Waals surface area contributed by atoms with Crippen molar-refractivity contribution in [1.29, 1.82) is 0 Å². The molecule has 0 amide bonds. The predicted molar refractivity (Wildman–Crippen MR) is 111 cm³/mol. The Morgan fingerprint density at radius 2 is 2.04 bits per heavy atom. The van der Waals surface area contributed by atoms with Crippen LogP contribution in [-0.4, -0.2) is 23.1 Å². The summed E-state index contributed by atoms with van der Waals surface area (Å²) in [6.45, 7) is 4.27. The highest BCUT2D eigenvalue weighted by atomic mass is 32.1. The Labute approximate surface area is 156 Å². The van der Waals surface area contributed by atoms with E-state index in [1.807, 2.05) is 11.7 Å². The van der Waals surface area contributed by atoms with Crippen LogP contribution >= 0.6 is 11.3 Å². The highest BCUT2D eigenvalue weighted by molar-refractivity contribution is 7.16. The number of anilines is 2. The molecule has 0 bridgehead atoms. The first-order chi connectivity index (χ1) is 12.9. The zero-order valence-corrected chi connectivity index (χ0v) is 15.5. The fourth-order valence-corrected chi connectivity index (χ4v) is 4.53. The van der Waals surface area contributed by atoms with E-state index in [1.165, 1.54) is 38.9 Å². The Morgan fingerprint density at radius 3 is 2.96 bits per heavy atom. The van der Waals surface area contributed by atoms with E-state index in [4.69, 9.17) is 0 Å². The van der Waals surface area contributed by atoms with Crippen LogP contribution < -0.4 is 10.6 Å². The lowest BCUT2D eigenvalue weighted by atomic mass is 9.91. The molecular weight excluding hydrogens is 340 g/mol. The number of nitrogens with zero attached hydrogens (tertiary/aromatic N) is 2. The van der Waals surface area contributed by atoms with Crippen LogP contribution in [-0.2, 0) is 6.42 Å². The first kappa shape index (κ1) is 15.7. The molecule has 5 heteroatoms. The van der Waals surface area contributed by atoms with Crippen LogP contribution in [0.3, 0.4) is 0 Å². The van der Waals surface area contributed by atoms with Crippen molar-refractivity contribution in [2.24, 2.45) is 0 Å². The van der Waals surface area contributed by atoms with Crippen molar-refractivity contribution >= 4 is 43.8 Å². The quantitative estimate of drug-likeness (QED) is 0.428. The summed E-state index contributed by atoms with van der Waals surface area (Å²) in [4.78, 5) is 9.18. The molecule has 4 nitrogen and oxygen atoms in total. The number of aromatic nitrogens is 2. The van der Waals surface area contributed by atoms with Crippen LogP contribution in [0.5, 0.6) is 0 Å². The summed E-state index contributed by atoms with van der Waals surface area (Å²) >= 11 is 1.67. The van der Waals surface area contributed by atoms with Crippen molar-refractivity contribution < 1.29 is 0 Å². The zero-order chi connectivity index (χ0) is 17.5. The number of pyridine rings is 1. The summed E-state index contributed by atoms with van der Waals surface area (Å²) in [6, 6.07) is 10.9. The Balaban J connectivity index is 1.67. The van der Waals surface area contributed by atoms with E-state index in [9.17, 15) is 0 Å². The Hall–Kier alpha value is -2.50. The van der Waals surface area contributed by atoms with Gasteiger partial charge in [0.05, 0.1) is 21.4 Å². The fraction of sp³-hybridized carbons (Fsp3) is 0.238. The Morgan fingerprint density at radius 1 is 1.08 bits per heavy atom. The normalized spacial score (nSPS) is 12.3. The second-order valence-electron chi connectivity index (χ2n) is 6.67. The molecule has 2 aromatic carbocycles. The molecule has 2 N–H and O–H groups in total. The fourth-order valence-electron chi connectivity index (χ4n) is 3.82. The number of thiazole rings is 1. The maximum atomic E-state index is 4.64. The third kappa shape index (κ3) is 2.39. The van der Waals surface area contributed by atoms with Gasteiger partial charge in [0.1, 0.15) is 5.52 Å². The van der Waals surface area contributed by atoms with Crippen molar-refractivity contribution in [3.05, 3.63) is 47.6 Å². The van der Waals surface area contributed by atoms with Gasteiger partial charge in [0, 0.05) is 22.8 Å². The van der Waals surface area contributed by atoms with E-state index in [0.717, 1.165) is 36.2 Å². The maximum Gasteiger partial charge on any atom is 0.108 e. The lowest BCUT2D eigenvalue weighted by Crippen LogP contribution is -2.18. The summed E-state index contributed by atoms with van der Waals surface area (Å²) < 4.78 is 1.18. The Bertz CT molecular complexity index is 1120. The number of hydrogen-bond acceptors (Lipinski definition) is 5. The van der Waals surface area contributed by atoms with Crippen LogP contribution in [0.25, 0.3) is 32.2 Å². The molecule has 0 spiro atoms. The summed E-state index contributed by atoms with van der Waals surface area (Å²) in [5, 5.41) is 8.39. The molecule has 1 aliphatic rings. The van der Waals surface area contributed by atoms with Gasteiger partial charge in [0.15, 0.2) is 0 Å². The molecule has 2 aromatic heterocycles. The number of para-hydroxylation sites is 1. The number of fused-ring (bicyclic) bond motifs is 4. The van der Waals surface area contributed by atoms with Gasteiger partial charge in [0.2, 0.25) is 0 Å². The van der Waals surface area contributed by atoms with Crippen LogP contribution in [0, 0.1) is 0 Å². The molecule has 4 aromatic rings. The average Bonchev–Trinajstić information content (AvgIpc) is 3.14. The zero-order valence-electron chi connectivity index (χ0n) is 14.7. The maximum absolute atomic E-state index is 4.64. The van der Waals surface area contributed by atoms with Crippen LogP contribution in [0.4, 0.5) is 11.4 Å². The molecule has 26 heavy (non-hydrogen) atoms. The highest BCUT2D eigenvalue weighted by Crippen LogP contribution is 2.46. The lowest BCUT2D eigenvalue weighted by Gasteiger charge is -2.24. The summed E-state index contributed by atoms with van der Waals surface area (Å²) in [5.41, 5.74) is 10.1. The molecular formula is C21H20N4S. The Kier molecular flexibility index (Phi) is 3.84. The van der Waals surface area contributed by atoms with Gasteiger partial charge in [-0.25, -0.2) is 4.98 Å². The van der Waals surface area contributed by atoms with Gasteiger partial charge in [-0.2, -0.15) is 0 Å². The molecule has 0 fully saturated rings. The van der Waals surface area contributed by atoms with E-state index >= 15 is 0 Å². The molecule has 0 atom stereocenters. The molecule has 0 aliphatic carbocycles. The molecule has 0 saturated carbocycles. The number of rotatable bonds is 5. The van der Waals surface area contributed by atoms with E-state index in [2.05, 4.69) is 57.9 Å². The first-order valence-electron chi connectivity index (χ1n) is 9.11. The van der Waals surface area contributed by atoms with Gasteiger partial charge in [-0.3, -0.25) is 4.98 Å². The molecule has 0 saturated heterocycles. The second kappa shape index (κ2) is 6.34. The number of hydrogen-bond donors (Lipinski definition) is 2. The van der Waals surface area contributed by atoms with Crippen molar-refractivity contribution in [2.45, 2.75) is 19.8 Å². The minimum Gasteiger partial charge on any atom is -0.354 e. The number of nitrogens with one attached hydrogen (secondary N) is 2. The minimum absolute atomic E-state index is 0.990. The van der Waals surface area contributed by atoms with Crippen LogP contribution in [0.15, 0.2) is 42.0 Å². The summed E-state index contributed by atoms with van der Waals surface area (Å²) in [7, 11) is 0. The van der Waals surface area contributed by atoms with Crippen LogP contribution in [0.2, 0.25) is 0 Å². The largest absolute Gasteiger partial charge is 0.354 e.